The van der Waals surface area contributed by atoms with Gasteiger partial charge < -0.3 is 10.3 Å². The summed E-state index contributed by atoms with van der Waals surface area (Å²) < 4.78 is 14.1. The summed E-state index contributed by atoms with van der Waals surface area (Å²) in [6, 6.07) is 4.37. The number of aromatic nitrogens is 2. The predicted octanol–water partition coefficient (Wildman–Crippen LogP) is 4.31. The van der Waals surface area contributed by atoms with E-state index in [1.807, 2.05) is 0 Å². The second-order valence-corrected chi connectivity index (χ2v) is 9.83. The third-order valence-electron chi connectivity index (χ3n) is 4.83. The molecule has 0 saturated carbocycles. The highest BCUT2D eigenvalue weighted by Crippen LogP contribution is 2.33. The van der Waals surface area contributed by atoms with Crippen LogP contribution >= 0.6 is 39.0 Å². The van der Waals surface area contributed by atoms with Gasteiger partial charge in [0.2, 0.25) is 5.91 Å². The summed E-state index contributed by atoms with van der Waals surface area (Å²) in [5.74, 6) is 0.779. The molecule has 5 nitrogen and oxygen atoms in total. The van der Waals surface area contributed by atoms with E-state index in [-0.39, 0.29) is 29.6 Å². The number of fused-ring (bicyclic) bond motifs is 3. The van der Waals surface area contributed by atoms with Crippen LogP contribution in [-0.2, 0) is 29.9 Å². The van der Waals surface area contributed by atoms with Crippen LogP contribution in [0.3, 0.4) is 0 Å². The lowest BCUT2D eigenvalue weighted by atomic mass is 9.97. The fourth-order valence-corrected chi connectivity index (χ4v) is 5.83. The molecule has 9 heteroatoms. The molecule has 4 rings (SSSR count). The summed E-state index contributed by atoms with van der Waals surface area (Å²) in [7, 11) is 0. The molecule has 29 heavy (non-hydrogen) atoms. The van der Waals surface area contributed by atoms with Gasteiger partial charge in [0.25, 0.3) is 5.56 Å². The molecule has 0 radical (unpaired) electrons. The fourth-order valence-electron chi connectivity index (χ4n) is 3.44. The summed E-state index contributed by atoms with van der Waals surface area (Å²) in [6.45, 7) is 0.250. The largest absolute Gasteiger partial charge is 0.351 e. The molecule has 0 bridgehead atoms. The second-order valence-electron chi connectivity index (χ2n) is 6.91. The van der Waals surface area contributed by atoms with Gasteiger partial charge in [-0.15, -0.1) is 23.1 Å². The first kappa shape index (κ1) is 20.6. The van der Waals surface area contributed by atoms with Crippen LogP contribution in [0.2, 0.25) is 0 Å². The molecule has 0 unspecified atom stereocenters. The zero-order chi connectivity index (χ0) is 20.4. The van der Waals surface area contributed by atoms with Crippen molar-refractivity contribution in [1.82, 2.24) is 15.3 Å². The minimum atomic E-state index is -0.340. The first-order valence-corrected chi connectivity index (χ1v) is 12.1. The van der Waals surface area contributed by atoms with E-state index in [2.05, 4.69) is 31.2 Å². The summed E-state index contributed by atoms with van der Waals surface area (Å²) in [5.41, 5.74) is 1.78. The fraction of sp³-hybridized carbons (Fsp3) is 0.350. The molecule has 3 aromatic rings. The predicted molar refractivity (Wildman–Crippen MR) is 119 cm³/mol. The Hall–Kier alpha value is -1.71. The monoisotopic (exact) mass is 495 g/mol. The number of hydrogen-bond donors (Lipinski definition) is 2. The Kier molecular flexibility index (Phi) is 6.36. The number of nitrogens with one attached hydrogen (secondary N) is 2. The van der Waals surface area contributed by atoms with E-state index in [9.17, 15) is 14.0 Å². The molecule has 0 atom stereocenters. The number of thioether (sulfide) groups is 1. The second kappa shape index (κ2) is 8.97. The van der Waals surface area contributed by atoms with Crippen molar-refractivity contribution in [2.75, 3.05) is 5.75 Å². The topological polar surface area (TPSA) is 74.8 Å². The van der Waals surface area contributed by atoms with Crippen molar-refractivity contribution in [2.24, 2.45) is 0 Å². The Morgan fingerprint density at radius 3 is 3.03 bits per heavy atom. The Bertz CT molecular complexity index is 1130. The maximum absolute atomic E-state index is 13.3. The third-order valence-corrected chi connectivity index (χ3v) is 7.73. The summed E-state index contributed by atoms with van der Waals surface area (Å²) in [4.78, 5) is 34.2. The average molecular weight is 496 g/mol. The van der Waals surface area contributed by atoms with Crippen LogP contribution in [0.5, 0.6) is 0 Å². The molecule has 2 N–H and O–H groups in total. The van der Waals surface area contributed by atoms with Gasteiger partial charge in [-0.05, 0) is 55.0 Å². The van der Waals surface area contributed by atoms with Gasteiger partial charge >= 0.3 is 0 Å². The van der Waals surface area contributed by atoms with Crippen molar-refractivity contribution >= 4 is 55.2 Å². The van der Waals surface area contributed by atoms with Gasteiger partial charge in [0.1, 0.15) is 16.5 Å². The van der Waals surface area contributed by atoms with Crippen molar-refractivity contribution in [3.05, 3.63) is 60.7 Å². The molecule has 0 spiro atoms. The highest BCUT2D eigenvalue weighted by Gasteiger charge is 2.19. The van der Waals surface area contributed by atoms with E-state index < -0.39 is 0 Å². The molecular formula is C20H19BrFN3O2S2. The Morgan fingerprint density at radius 1 is 1.34 bits per heavy atom. The first-order chi connectivity index (χ1) is 14.0. The smallest absolute Gasteiger partial charge is 0.259 e. The van der Waals surface area contributed by atoms with E-state index >= 15 is 0 Å². The van der Waals surface area contributed by atoms with Crippen molar-refractivity contribution in [2.45, 2.75) is 38.0 Å². The number of amides is 1. The number of halogens is 2. The number of H-pyrrole nitrogens is 1. The third kappa shape index (κ3) is 4.73. The normalized spacial score (nSPS) is 13.4. The molecule has 2 aromatic heterocycles. The Labute approximate surface area is 183 Å². The van der Waals surface area contributed by atoms with Crippen LogP contribution in [0.25, 0.3) is 10.2 Å². The van der Waals surface area contributed by atoms with Crippen molar-refractivity contribution in [3.63, 3.8) is 0 Å². The Balaban J connectivity index is 1.34. The lowest BCUT2D eigenvalue weighted by Gasteiger charge is -2.09. The molecule has 2 heterocycles. The lowest BCUT2D eigenvalue weighted by Crippen LogP contribution is -2.25. The van der Waals surface area contributed by atoms with Crippen molar-refractivity contribution < 1.29 is 9.18 Å². The Morgan fingerprint density at radius 2 is 2.17 bits per heavy atom. The average Bonchev–Trinajstić information content (AvgIpc) is 3.07. The number of thiophene rings is 1. The number of carbonyl (C=O) groups excluding carboxylic acids is 1. The van der Waals surface area contributed by atoms with Gasteiger partial charge in [0, 0.05) is 15.9 Å². The van der Waals surface area contributed by atoms with E-state index in [4.69, 9.17) is 0 Å². The van der Waals surface area contributed by atoms with E-state index in [0.29, 0.717) is 17.1 Å². The minimum absolute atomic E-state index is 0.0783. The van der Waals surface area contributed by atoms with Crippen LogP contribution in [0, 0.1) is 5.82 Å². The highest BCUT2D eigenvalue weighted by molar-refractivity contribution is 9.10. The molecule has 0 aliphatic heterocycles. The van der Waals surface area contributed by atoms with E-state index in [0.717, 1.165) is 34.0 Å². The SMILES string of the molecule is O=C(CSCc1nc2sc3c(c2c(=O)[nH]1)CCCC3)NCc1cc(F)ccc1Br. The van der Waals surface area contributed by atoms with Crippen LogP contribution in [0.1, 0.15) is 34.7 Å². The minimum Gasteiger partial charge on any atom is -0.351 e. The van der Waals surface area contributed by atoms with Gasteiger partial charge in [-0.2, -0.15) is 0 Å². The van der Waals surface area contributed by atoms with Gasteiger partial charge in [0.15, 0.2) is 0 Å². The first-order valence-electron chi connectivity index (χ1n) is 9.33. The number of rotatable bonds is 6. The van der Waals surface area contributed by atoms with Crippen LogP contribution in [0.4, 0.5) is 4.39 Å². The zero-order valence-electron chi connectivity index (χ0n) is 15.5. The number of hydrogen-bond acceptors (Lipinski definition) is 5. The number of benzene rings is 1. The molecule has 1 aromatic carbocycles. The van der Waals surface area contributed by atoms with E-state index in [1.54, 1.807) is 17.4 Å². The maximum Gasteiger partial charge on any atom is 0.259 e. The van der Waals surface area contributed by atoms with Gasteiger partial charge in [-0.1, -0.05) is 15.9 Å². The van der Waals surface area contributed by atoms with E-state index in [1.165, 1.54) is 40.8 Å². The summed E-state index contributed by atoms with van der Waals surface area (Å²) >= 11 is 6.35. The molecule has 0 fully saturated rings. The summed E-state index contributed by atoms with van der Waals surface area (Å²) in [6.07, 6.45) is 4.27. The number of aromatic amines is 1. The quantitative estimate of drug-likeness (QED) is 0.534. The van der Waals surface area contributed by atoms with Crippen molar-refractivity contribution in [3.8, 4) is 0 Å². The molecule has 1 amide bonds. The van der Waals surface area contributed by atoms with Gasteiger partial charge in [-0.3, -0.25) is 9.59 Å². The number of nitrogens with zero attached hydrogens (tertiary/aromatic N) is 1. The lowest BCUT2D eigenvalue weighted by molar-refractivity contribution is -0.118. The van der Waals surface area contributed by atoms with Crippen LogP contribution in [0.15, 0.2) is 27.5 Å². The molecule has 152 valence electrons. The molecule has 0 saturated heterocycles. The van der Waals surface area contributed by atoms with Crippen molar-refractivity contribution in [1.29, 1.82) is 0 Å². The summed E-state index contributed by atoms with van der Waals surface area (Å²) in [5, 5.41) is 3.53. The standard InChI is InChI=1S/C20H19BrFN3O2S2/c21-14-6-5-12(22)7-11(14)8-23-17(26)10-28-9-16-24-19(27)18-13-3-1-2-4-15(13)29-20(18)25-16/h5-7H,1-4,8-10H2,(H,23,26)(H,24,25,27). The molecular weight excluding hydrogens is 477 g/mol. The highest BCUT2D eigenvalue weighted by atomic mass is 79.9. The number of aryl methyl sites for hydroxylation is 2. The van der Waals surface area contributed by atoms with Gasteiger partial charge in [0.05, 0.1) is 16.9 Å². The van der Waals surface area contributed by atoms with Crippen LogP contribution in [-0.4, -0.2) is 21.6 Å². The molecule has 1 aliphatic carbocycles. The van der Waals surface area contributed by atoms with Crippen LogP contribution < -0.4 is 10.9 Å². The number of carbonyl (C=O) groups is 1. The molecule has 1 aliphatic rings. The van der Waals surface area contributed by atoms with Gasteiger partial charge in [-0.25, -0.2) is 9.37 Å². The zero-order valence-corrected chi connectivity index (χ0v) is 18.7. The maximum atomic E-state index is 13.3.